The van der Waals surface area contributed by atoms with Crippen molar-refractivity contribution in [3.05, 3.63) is 0 Å². The highest BCUT2D eigenvalue weighted by Crippen LogP contribution is 2.31. The summed E-state index contributed by atoms with van der Waals surface area (Å²) in [5, 5.41) is 0. The fourth-order valence-electron chi connectivity index (χ4n) is 2.51. The Morgan fingerprint density at radius 3 is 2.40 bits per heavy atom. The first-order valence-electron chi connectivity index (χ1n) is 6.99. The first kappa shape index (κ1) is 15.7. The minimum absolute atomic E-state index is 0.0467. The van der Waals surface area contributed by atoms with Gasteiger partial charge in [-0.2, -0.15) is 0 Å². The number of hydrogen-bond donors (Lipinski definition) is 1. The second-order valence-corrected chi connectivity index (χ2v) is 7.05. The Bertz CT molecular complexity index is 435. The highest BCUT2D eigenvalue weighted by atomic mass is 32.2. The summed E-state index contributed by atoms with van der Waals surface area (Å²) < 4.78 is 36.5. The molecule has 0 atom stereocenters. The lowest BCUT2D eigenvalue weighted by atomic mass is 10.0. The van der Waals surface area contributed by atoms with E-state index in [2.05, 4.69) is 4.72 Å². The number of nitrogens with one attached hydrogen (secondary N) is 1. The van der Waals surface area contributed by atoms with Crippen LogP contribution in [-0.4, -0.2) is 63.6 Å². The van der Waals surface area contributed by atoms with Gasteiger partial charge in [0.15, 0.2) is 5.79 Å². The van der Waals surface area contributed by atoms with Crippen molar-refractivity contribution in [2.45, 2.75) is 32.0 Å². The van der Waals surface area contributed by atoms with Crippen LogP contribution in [0, 0.1) is 0 Å². The number of sulfonamides is 1. The first-order valence-corrected chi connectivity index (χ1v) is 8.65. The Balaban J connectivity index is 1.77. The van der Waals surface area contributed by atoms with Crippen molar-refractivity contribution in [1.29, 1.82) is 0 Å². The number of piperidine rings is 1. The van der Waals surface area contributed by atoms with Gasteiger partial charge in [-0.15, -0.1) is 0 Å². The van der Waals surface area contributed by atoms with Crippen LogP contribution in [0.4, 0.5) is 0 Å². The maximum absolute atomic E-state index is 12.0. The molecule has 0 unspecified atom stereocenters. The van der Waals surface area contributed by atoms with E-state index in [1.807, 2.05) is 0 Å². The van der Waals surface area contributed by atoms with Crippen LogP contribution >= 0.6 is 0 Å². The molecule has 0 aromatic heterocycles. The molecule has 0 bridgehead atoms. The fourth-order valence-corrected chi connectivity index (χ4v) is 3.53. The van der Waals surface area contributed by atoms with Crippen molar-refractivity contribution >= 4 is 15.9 Å². The van der Waals surface area contributed by atoms with Gasteiger partial charge in [-0.05, 0) is 6.42 Å². The monoisotopic (exact) mass is 306 g/mol. The topological polar surface area (TPSA) is 84.9 Å². The van der Waals surface area contributed by atoms with Crippen molar-refractivity contribution in [3.63, 3.8) is 0 Å². The van der Waals surface area contributed by atoms with E-state index in [1.54, 1.807) is 11.8 Å². The minimum atomic E-state index is -3.33. The molecule has 2 saturated heterocycles. The van der Waals surface area contributed by atoms with Gasteiger partial charge in [-0.1, -0.05) is 6.92 Å². The Morgan fingerprint density at radius 1 is 1.25 bits per heavy atom. The predicted molar refractivity (Wildman–Crippen MR) is 72.5 cm³/mol. The summed E-state index contributed by atoms with van der Waals surface area (Å²) in [7, 11) is -3.33. The lowest BCUT2D eigenvalue weighted by Gasteiger charge is -2.37. The van der Waals surface area contributed by atoms with Crippen LogP contribution < -0.4 is 4.72 Å². The normalized spacial score (nSPS) is 22.4. The molecule has 20 heavy (non-hydrogen) atoms. The molecule has 8 heteroatoms. The molecular formula is C12H22N2O5S. The summed E-state index contributed by atoms with van der Waals surface area (Å²) in [6.07, 6.45) is 1.81. The van der Waals surface area contributed by atoms with Gasteiger partial charge in [0.05, 0.1) is 25.5 Å². The van der Waals surface area contributed by atoms with Gasteiger partial charge in [-0.25, -0.2) is 13.1 Å². The van der Waals surface area contributed by atoms with Crippen molar-refractivity contribution < 1.29 is 22.7 Å². The molecule has 2 aliphatic rings. The molecule has 2 fully saturated rings. The molecule has 0 radical (unpaired) electrons. The molecule has 116 valence electrons. The number of carbonyl (C=O) groups excluding carboxylic acids is 1. The Morgan fingerprint density at radius 2 is 1.85 bits per heavy atom. The summed E-state index contributed by atoms with van der Waals surface area (Å²) in [6, 6.07) is 0. The van der Waals surface area contributed by atoms with Crippen LogP contribution in [0.15, 0.2) is 0 Å². The van der Waals surface area contributed by atoms with Gasteiger partial charge in [0.25, 0.3) is 0 Å². The van der Waals surface area contributed by atoms with Crippen LogP contribution in [0.5, 0.6) is 0 Å². The van der Waals surface area contributed by atoms with Gasteiger partial charge >= 0.3 is 0 Å². The fraction of sp³-hybridized carbons (Fsp3) is 0.917. The molecular weight excluding hydrogens is 284 g/mol. The van der Waals surface area contributed by atoms with Crippen LogP contribution in [-0.2, 0) is 24.3 Å². The molecule has 0 aromatic carbocycles. The third kappa shape index (κ3) is 3.91. The number of hydrogen-bond acceptors (Lipinski definition) is 5. The summed E-state index contributed by atoms with van der Waals surface area (Å²) in [5.41, 5.74) is 0. The van der Waals surface area contributed by atoms with E-state index in [4.69, 9.17) is 9.47 Å². The zero-order valence-corrected chi connectivity index (χ0v) is 12.6. The molecule has 1 spiro atoms. The van der Waals surface area contributed by atoms with Crippen LogP contribution in [0.3, 0.4) is 0 Å². The molecule has 1 amide bonds. The Labute approximate surface area is 119 Å². The highest BCUT2D eigenvalue weighted by Gasteiger charge is 2.40. The number of carbonyl (C=O) groups is 1. The second kappa shape index (κ2) is 6.38. The summed E-state index contributed by atoms with van der Waals surface area (Å²) >= 11 is 0. The molecule has 2 heterocycles. The van der Waals surface area contributed by atoms with Crippen molar-refractivity contribution in [3.8, 4) is 0 Å². The summed E-state index contributed by atoms with van der Waals surface area (Å²) in [5.74, 6) is -0.665. The SMILES string of the molecule is CCCS(=O)(=O)NCC(=O)N1CCC2(CC1)OCCO2. The zero-order valence-electron chi connectivity index (χ0n) is 11.8. The second-order valence-electron chi connectivity index (χ2n) is 5.13. The molecule has 2 aliphatic heterocycles. The molecule has 7 nitrogen and oxygen atoms in total. The number of rotatable bonds is 5. The Hall–Kier alpha value is -0.700. The number of likely N-dealkylation sites (tertiary alicyclic amines) is 1. The third-order valence-electron chi connectivity index (χ3n) is 3.61. The van der Waals surface area contributed by atoms with Crippen molar-refractivity contribution in [2.75, 3.05) is 38.6 Å². The Kier molecular flexibility index (Phi) is 5.00. The van der Waals surface area contributed by atoms with E-state index in [1.165, 1.54) is 0 Å². The van der Waals surface area contributed by atoms with Crippen molar-refractivity contribution in [1.82, 2.24) is 9.62 Å². The maximum atomic E-state index is 12.0. The standard InChI is InChI=1S/C12H22N2O5S/c1-2-9-20(16,17)13-10-11(15)14-5-3-12(4-6-14)18-7-8-19-12/h13H,2-10H2,1H3. The van der Waals surface area contributed by atoms with E-state index >= 15 is 0 Å². The highest BCUT2D eigenvalue weighted by molar-refractivity contribution is 7.89. The van der Waals surface area contributed by atoms with E-state index < -0.39 is 15.8 Å². The van der Waals surface area contributed by atoms with E-state index in [-0.39, 0.29) is 18.2 Å². The lowest BCUT2D eigenvalue weighted by molar-refractivity contribution is -0.187. The van der Waals surface area contributed by atoms with E-state index in [9.17, 15) is 13.2 Å². The average Bonchev–Trinajstić information content (AvgIpc) is 2.85. The van der Waals surface area contributed by atoms with Gasteiger partial charge in [0.1, 0.15) is 0 Å². The molecule has 0 saturated carbocycles. The molecule has 0 aromatic rings. The van der Waals surface area contributed by atoms with Crippen LogP contribution in [0.1, 0.15) is 26.2 Å². The first-order chi connectivity index (χ1) is 9.46. The van der Waals surface area contributed by atoms with Gasteiger partial charge in [-0.3, -0.25) is 4.79 Å². The summed E-state index contributed by atoms with van der Waals surface area (Å²) in [6.45, 7) is 3.89. The van der Waals surface area contributed by atoms with E-state index in [0.29, 0.717) is 45.6 Å². The van der Waals surface area contributed by atoms with Gasteiger partial charge < -0.3 is 14.4 Å². The zero-order chi connectivity index (χ0) is 14.6. The van der Waals surface area contributed by atoms with E-state index in [0.717, 1.165) is 0 Å². The quantitative estimate of drug-likeness (QED) is 0.752. The third-order valence-corrected chi connectivity index (χ3v) is 5.14. The number of nitrogens with zero attached hydrogens (tertiary/aromatic N) is 1. The van der Waals surface area contributed by atoms with Crippen molar-refractivity contribution in [2.24, 2.45) is 0 Å². The van der Waals surface area contributed by atoms with Gasteiger partial charge in [0.2, 0.25) is 15.9 Å². The molecule has 1 N–H and O–H groups in total. The van der Waals surface area contributed by atoms with Crippen LogP contribution in [0.2, 0.25) is 0 Å². The largest absolute Gasteiger partial charge is 0.347 e. The smallest absolute Gasteiger partial charge is 0.237 e. The minimum Gasteiger partial charge on any atom is -0.347 e. The molecule has 0 aliphatic carbocycles. The molecule has 2 rings (SSSR count). The average molecular weight is 306 g/mol. The summed E-state index contributed by atoms with van der Waals surface area (Å²) in [4.78, 5) is 13.6. The lowest BCUT2D eigenvalue weighted by Crippen LogP contribution is -2.49. The van der Waals surface area contributed by atoms with Gasteiger partial charge in [0, 0.05) is 25.9 Å². The predicted octanol–water partition coefficient (Wildman–Crippen LogP) is -0.319. The maximum Gasteiger partial charge on any atom is 0.237 e. The van der Waals surface area contributed by atoms with Crippen LogP contribution in [0.25, 0.3) is 0 Å². The number of amides is 1. The number of ether oxygens (including phenoxy) is 2.